The third kappa shape index (κ3) is 5.25. The van der Waals surface area contributed by atoms with Crippen molar-refractivity contribution in [3.05, 3.63) is 63.5 Å². The van der Waals surface area contributed by atoms with Gasteiger partial charge in [-0.3, -0.25) is 0 Å². The summed E-state index contributed by atoms with van der Waals surface area (Å²) in [6.45, 7) is 5.44. The van der Waals surface area contributed by atoms with Gasteiger partial charge < -0.3 is 4.74 Å². The minimum atomic E-state index is -3.03. The molecule has 0 aliphatic rings. The van der Waals surface area contributed by atoms with Crippen molar-refractivity contribution < 1.29 is 22.4 Å². The molecule has 2 aromatic carbocycles. The van der Waals surface area contributed by atoms with Crippen molar-refractivity contribution in [2.75, 3.05) is 18.2 Å². The normalized spacial score (nSPS) is 11.9. The molecule has 1 amide bonds. The summed E-state index contributed by atoms with van der Waals surface area (Å²) in [7, 11) is -1.47. The second kappa shape index (κ2) is 9.92. The number of benzene rings is 2. The third-order valence-corrected chi connectivity index (χ3v) is 12.3. The Morgan fingerprint density at radius 3 is 2.53 bits per heavy atom. The van der Waals surface area contributed by atoms with Crippen molar-refractivity contribution in [3.63, 3.8) is 0 Å². The van der Waals surface area contributed by atoms with E-state index in [1.165, 1.54) is 6.07 Å². The van der Waals surface area contributed by atoms with Gasteiger partial charge in [-0.15, -0.1) is 0 Å². The molecule has 3 aromatic rings. The van der Waals surface area contributed by atoms with Gasteiger partial charge in [0.1, 0.15) is 0 Å². The number of ether oxygens (including phenoxy) is 1. The van der Waals surface area contributed by atoms with Crippen molar-refractivity contribution >= 4 is 49.6 Å². The van der Waals surface area contributed by atoms with Crippen LogP contribution in [0.3, 0.4) is 0 Å². The van der Waals surface area contributed by atoms with Crippen LogP contribution in [0.25, 0.3) is 11.0 Å². The summed E-state index contributed by atoms with van der Waals surface area (Å²) in [5.74, 6) is 0.180. The van der Waals surface area contributed by atoms with Crippen LogP contribution in [0.4, 0.5) is 5.69 Å². The van der Waals surface area contributed by atoms with E-state index in [9.17, 15) is 18.0 Å². The van der Waals surface area contributed by atoms with Gasteiger partial charge in [0.15, 0.2) is 0 Å². The summed E-state index contributed by atoms with van der Waals surface area (Å²) in [6, 6.07) is 10.2. The predicted octanol–water partition coefficient (Wildman–Crippen LogP) is 2.73. The summed E-state index contributed by atoms with van der Waals surface area (Å²) < 4.78 is 35.5. The number of carbonyl (C=O) groups excluding carboxylic acids is 1. The summed E-state index contributed by atoms with van der Waals surface area (Å²) >= 11 is -1.32. The Kier molecular flexibility index (Phi) is 7.47. The molecule has 0 aliphatic carbocycles. The van der Waals surface area contributed by atoms with E-state index in [1.54, 1.807) is 51.3 Å². The number of hydrogen-bond acceptors (Lipinski definition) is 6. The molecule has 1 N–H and O–H groups in total. The quantitative estimate of drug-likeness (QED) is 0.363. The Hall–Kier alpha value is -2.57. The number of amides is 1. The first-order valence-electron chi connectivity index (χ1n) is 10.2. The van der Waals surface area contributed by atoms with Crippen LogP contribution in [0.15, 0.2) is 45.6 Å². The summed E-state index contributed by atoms with van der Waals surface area (Å²) in [6.07, 6.45) is 1.52. The van der Waals surface area contributed by atoms with Gasteiger partial charge in [0.05, 0.1) is 7.11 Å². The van der Waals surface area contributed by atoms with E-state index in [-0.39, 0.29) is 11.3 Å². The number of rotatable bonds is 8. The first-order chi connectivity index (χ1) is 15.2. The molecule has 1 aromatic heterocycles. The molecule has 0 radical (unpaired) electrons. The number of carbonyl (C=O) groups is 1. The van der Waals surface area contributed by atoms with E-state index in [2.05, 4.69) is 5.32 Å². The van der Waals surface area contributed by atoms with Gasteiger partial charge in [0.25, 0.3) is 0 Å². The molecule has 7 nitrogen and oxygen atoms in total. The Bertz CT molecular complexity index is 1330. The number of methoxy groups -OCH3 is 1. The monoisotopic (exact) mass is 519 g/mol. The molecule has 3 rings (SSSR count). The molecule has 0 saturated heterocycles. The van der Waals surface area contributed by atoms with Crippen molar-refractivity contribution in [1.29, 1.82) is 0 Å². The van der Waals surface area contributed by atoms with Crippen LogP contribution in [0.5, 0.6) is 5.75 Å². The van der Waals surface area contributed by atoms with E-state index < -0.39 is 34.2 Å². The number of aryl methyl sites for hydroxylation is 2. The van der Waals surface area contributed by atoms with Crippen LogP contribution in [0, 0.1) is 6.92 Å². The van der Waals surface area contributed by atoms with Crippen LogP contribution >= 0.6 is 0 Å². The number of hydrogen-bond donors (Lipinski definition) is 1. The van der Waals surface area contributed by atoms with Crippen LogP contribution in [-0.4, -0.2) is 41.8 Å². The number of anilines is 1. The molecule has 0 fully saturated rings. The Morgan fingerprint density at radius 1 is 1.16 bits per heavy atom. The van der Waals surface area contributed by atoms with Gasteiger partial charge in [-0.25, -0.2) is 0 Å². The summed E-state index contributed by atoms with van der Waals surface area (Å²) in [5, 5.41) is 3.38. The maximum absolute atomic E-state index is 12.8. The summed E-state index contributed by atoms with van der Waals surface area (Å²) in [5.41, 5.74) is 1.64. The first-order valence-corrected chi connectivity index (χ1v) is 15.5. The molecule has 170 valence electrons. The predicted molar refractivity (Wildman–Crippen MR) is 128 cm³/mol. The second-order valence-electron chi connectivity index (χ2n) is 7.35. The molecule has 32 heavy (non-hydrogen) atoms. The fraction of sp³-hybridized carbons (Fsp3) is 0.304. The summed E-state index contributed by atoms with van der Waals surface area (Å²) in [4.78, 5) is 25.5. The third-order valence-electron chi connectivity index (χ3n) is 5.06. The van der Waals surface area contributed by atoms with Crippen molar-refractivity contribution in [1.82, 2.24) is 0 Å². The van der Waals surface area contributed by atoms with Gasteiger partial charge in [-0.1, -0.05) is 13.3 Å². The molecule has 1 atom stereocenters. The van der Waals surface area contributed by atoms with E-state index in [4.69, 9.17) is 9.15 Å². The van der Waals surface area contributed by atoms with Gasteiger partial charge in [-0.05, 0) is 0 Å². The minimum absolute atomic E-state index is 0.101. The van der Waals surface area contributed by atoms with Crippen molar-refractivity contribution in [2.45, 2.75) is 33.6 Å². The first kappa shape index (κ1) is 24.1. The zero-order valence-electron chi connectivity index (χ0n) is 18.4. The van der Waals surface area contributed by atoms with Crippen LogP contribution in [0.2, 0.25) is 0 Å². The van der Waals surface area contributed by atoms with E-state index in [1.807, 2.05) is 6.92 Å². The average molecular weight is 519 g/mol. The van der Waals surface area contributed by atoms with Crippen molar-refractivity contribution in [2.24, 2.45) is 0 Å². The fourth-order valence-electron chi connectivity index (χ4n) is 3.37. The van der Waals surface area contributed by atoms with Crippen LogP contribution < -0.4 is 20.0 Å². The van der Waals surface area contributed by atoms with Gasteiger partial charge in [-0.2, -0.15) is 0 Å². The van der Waals surface area contributed by atoms with Gasteiger partial charge >= 0.3 is 168 Å². The molecule has 9 heteroatoms. The zero-order valence-corrected chi connectivity index (χ0v) is 21.4. The van der Waals surface area contributed by atoms with Gasteiger partial charge in [0, 0.05) is 0 Å². The molecule has 0 spiro atoms. The van der Waals surface area contributed by atoms with Crippen molar-refractivity contribution in [3.8, 4) is 5.75 Å². The average Bonchev–Trinajstić information content (AvgIpc) is 2.75. The number of nitrogens with one attached hydrogen (secondary N) is 1. The zero-order chi connectivity index (χ0) is 23.5. The Labute approximate surface area is 192 Å². The van der Waals surface area contributed by atoms with E-state index in [0.717, 1.165) is 21.9 Å². The van der Waals surface area contributed by atoms with Crippen LogP contribution in [-0.2, 0) is 14.5 Å². The SMILES string of the molecule is CCCc1c(OC)ccc2cc(C(=O)Nc3ccc([AsH]S(=O)(=O)CC)cc3C)c(=O)oc12. The number of fused-ring (bicyclic) bond motifs is 1. The second-order valence-corrected chi connectivity index (χ2v) is 15.8. The molecule has 0 bridgehead atoms. The van der Waals surface area contributed by atoms with Crippen LogP contribution in [0.1, 0.15) is 41.8 Å². The molecular weight excluding hydrogens is 493 g/mol. The molecule has 0 saturated carbocycles. The maximum atomic E-state index is 12.8. The van der Waals surface area contributed by atoms with E-state index in [0.29, 0.717) is 28.8 Å². The standard InChI is InChI=1S/C23H26AsNO6S/c1-5-7-17-20(30-4)11-8-15-13-18(23(27)31-21(15)17)22(26)25-19-10-9-16(12-14(19)3)24-32(28,29)6-2/h8-13,24H,5-7H2,1-4H3,(H,25,26). The van der Waals surface area contributed by atoms with E-state index >= 15 is 0 Å². The van der Waals surface area contributed by atoms with Gasteiger partial charge in [0.2, 0.25) is 0 Å². The Morgan fingerprint density at radius 2 is 1.91 bits per heavy atom. The Balaban J connectivity index is 1.92. The topological polar surface area (TPSA) is 103 Å². The fourth-order valence-corrected chi connectivity index (χ4v) is 8.60. The molecule has 1 unspecified atom stereocenters. The molecule has 1 heterocycles. The molecular formula is C23H26AsNO6S. The molecule has 0 aliphatic heterocycles.